The van der Waals surface area contributed by atoms with E-state index < -0.39 is 5.97 Å². The molecule has 0 saturated carbocycles. The Balaban J connectivity index is 1.78. The maximum absolute atomic E-state index is 11.4. The van der Waals surface area contributed by atoms with Gasteiger partial charge in [-0.2, -0.15) is 0 Å². The minimum absolute atomic E-state index is 0.320. The Hall–Kier alpha value is -3.39. The summed E-state index contributed by atoms with van der Waals surface area (Å²) in [7, 11) is 0. The highest BCUT2D eigenvalue weighted by atomic mass is 16.4. The molecule has 0 saturated heterocycles. The lowest BCUT2D eigenvalue weighted by atomic mass is 9.91. The lowest BCUT2D eigenvalue weighted by Crippen LogP contribution is -1.96. The van der Waals surface area contributed by atoms with Crippen LogP contribution in [0.5, 0.6) is 0 Å². The molecule has 124 valence electrons. The van der Waals surface area contributed by atoms with Crippen molar-refractivity contribution in [1.82, 2.24) is 0 Å². The van der Waals surface area contributed by atoms with Gasteiger partial charge >= 0.3 is 5.97 Å². The molecule has 0 heterocycles. The Morgan fingerprint density at radius 3 is 2.27 bits per heavy atom. The van der Waals surface area contributed by atoms with Crippen molar-refractivity contribution in [3.8, 4) is 22.3 Å². The highest BCUT2D eigenvalue weighted by Crippen LogP contribution is 2.42. The van der Waals surface area contributed by atoms with Crippen LogP contribution in [0.15, 0.2) is 78.9 Å². The van der Waals surface area contributed by atoms with Crippen molar-refractivity contribution in [2.24, 2.45) is 0 Å². The van der Waals surface area contributed by atoms with Crippen LogP contribution in [0, 0.1) is 0 Å². The second-order valence-corrected chi connectivity index (χ2v) is 6.71. The molecule has 0 bridgehead atoms. The fraction of sp³-hybridized carbons (Fsp3) is 0.0417. The summed E-state index contributed by atoms with van der Waals surface area (Å²) in [5, 5.41) is 11.4. The lowest BCUT2D eigenvalue weighted by Gasteiger charge is -2.12. The fourth-order valence-electron chi connectivity index (χ4n) is 4.05. The average Bonchev–Trinajstić information content (AvgIpc) is 3.06. The van der Waals surface area contributed by atoms with Gasteiger partial charge in [-0.3, -0.25) is 0 Å². The zero-order chi connectivity index (χ0) is 17.7. The molecule has 0 amide bonds. The summed E-state index contributed by atoms with van der Waals surface area (Å²) in [6.07, 6.45) is 0.913. The van der Waals surface area contributed by atoms with Crippen molar-refractivity contribution in [2.75, 3.05) is 0 Å². The largest absolute Gasteiger partial charge is 0.478 e. The molecule has 0 unspecified atom stereocenters. The number of rotatable bonds is 2. The van der Waals surface area contributed by atoms with Gasteiger partial charge in [0.05, 0.1) is 5.56 Å². The molecule has 1 N–H and O–H groups in total. The van der Waals surface area contributed by atoms with Gasteiger partial charge in [0.15, 0.2) is 0 Å². The van der Waals surface area contributed by atoms with Crippen molar-refractivity contribution in [3.05, 3.63) is 95.6 Å². The second kappa shape index (κ2) is 5.57. The van der Waals surface area contributed by atoms with Crippen molar-refractivity contribution in [1.29, 1.82) is 0 Å². The number of benzene rings is 4. The number of carboxylic acids is 1. The van der Waals surface area contributed by atoms with E-state index in [1.54, 1.807) is 12.1 Å². The van der Waals surface area contributed by atoms with Crippen LogP contribution >= 0.6 is 0 Å². The Bertz CT molecular complexity index is 1190. The number of fused-ring (bicyclic) bond motifs is 4. The zero-order valence-electron chi connectivity index (χ0n) is 14.1. The zero-order valence-corrected chi connectivity index (χ0v) is 14.1. The molecule has 0 radical (unpaired) electrons. The van der Waals surface area contributed by atoms with Crippen molar-refractivity contribution in [2.45, 2.75) is 6.42 Å². The summed E-state index contributed by atoms with van der Waals surface area (Å²) in [5.74, 6) is -0.896. The summed E-state index contributed by atoms with van der Waals surface area (Å²) < 4.78 is 0. The van der Waals surface area contributed by atoms with E-state index in [0.29, 0.717) is 5.56 Å². The van der Waals surface area contributed by atoms with Gasteiger partial charge in [-0.05, 0) is 62.7 Å². The smallest absolute Gasteiger partial charge is 0.335 e. The number of hydrogen-bond donors (Lipinski definition) is 1. The highest BCUT2D eigenvalue weighted by Gasteiger charge is 2.21. The van der Waals surface area contributed by atoms with Crippen LogP contribution in [0.2, 0.25) is 0 Å². The van der Waals surface area contributed by atoms with Gasteiger partial charge in [0, 0.05) is 0 Å². The SMILES string of the molecule is O=C(O)c1ccc2cccc(-c3cccc4c3Cc3ccccc3-4)c2c1. The van der Waals surface area contributed by atoms with Gasteiger partial charge < -0.3 is 5.11 Å². The van der Waals surface area contributed by atoms with Crippen molar-refractivity contribution in [3.63, 3.8) is 0 Å². The third-order valence-corrected chi connectivity index (χ3v) is 5.27. The van der Waals surface area contributed by atoms with Crippen molar-refractivity contribution >= 4 is 16.7 Å². The summed E-state index contributed by atoms with van der Waals surface area (Å²) in [5.41, 5.74) is 7.85. The van der Waals surface area contributed by atoms with Crippen LogP contribution in [-0.2, 0) is 6.42 Å². The topological polar surface area (TPSA) is 37.3 Å². The highest BCUT2D eigenvalue weighted by molar-refractivity contribution is 6.02. The van der Waals surface area contributed by atoms with E-state index in [2.05, 4.69) is 48.5 Å². The molecule has 4 aromatic carbocycles. The summed E-state index contributed by atoms with van der Waals surface area (Å²) in [4.78, 5) is 11.4. The van der Waals surface area contributed by atoms with Gasteiger partial charge in [0.1, 0.15) is 0 Å². The maximum Gasteiger partial charge on any atom is 0.335 e. The van der Waals surface area contributed by atoms with E-state index in [9.17, 15) is 9.90 Å². The molecule has 1 aliphatic carbocycles. The quantitative estimate of drug-likeness (QED) is 0.444. The van der Waals surface area contributed by atoms with Gasteiger partial charge in [0.2, 0.25) is 0 Å². The predicted molar refractivity (Wildman–Crippen MR) is 105 cm³/mol. The van der Waals surface area contributed by atoms with E-state index in [1.807, 2.05) is 18.2 Å². The van der Waals surface area contributed by atoms with E-state index in [0.717, 1.165) is 22.8 Å². The molecule has 0 atom stereocenters. The van der Waals surface area contributed by atoms with Crippen LogP contribution < -0.4 is 0 Å². The van der Waals surface area contributed by atoms with Crippen LogP contribution in [0.25, 0.3) is 33.0 Å². The molecule has 0 fully saturated rings. The summed E-state index contributed by atoms with van der Waals surface area (Å²) >= 11 is 0. The molecule has 5 rings (SSSR count). The molecule has 2 nitrogen and oxygen atoms in total. The number of carbonyl (C=O) groups is 1. The Morgan fingerprint density at radius 2 is 1.42 bits per heavy atom. The van der Waals surface area contributed by atoms with E-state index >= 15 is 0 Å². The first-order valence-corrected chi connectivity index (χ1v) is 8.69. The van der Waals surface area contributed by atoms with E-state index in [1.165, 1.54) is 27.8 Å². The van der Waals surface area contributed by atoms with Gasteiger partial charge in [-0.1, -0.05) is 66.7 Å². The summed E-state index contributed by atoms with van der Waals surface area (Å²) in [6.45, 7) is 0. The first-order chi connectivity index (χ1) is 12.7. The van der Waals surface area contributed by atoms with E-state index in [4.69, 9.17) is 0 Å². The molecular formula is C24H16O2. The third-order valence-electron chi connectivity index (χ3n) is 5.27. The average molecular weight is 336 g/mol. The summed E-state index contributed by atoms with van der Waals surface area (Å²) in [6, 6.07) is 26.4. The molecule has 0 aromatic heterocycles. The first kappa shape index (κ1) is 14.9. The number of carboxylic acid groups (broad SMARTS) is 1. The molecule has 26 heavy (non-hydrogen) atoms. The van der Waals surface area contributed by atoms with Crippen molar-refractivity contribution < 1.29 is 9.90 Å². The predicted octanol–water partition coefficient (Wildman–Crippen LogP) is 5.78. The fourth-order valence-corrected chi connectivity index (χ4v) is 4.05. The first-order valence-electron chi connectivity index (χ1n) is 8.69. The van der Waals surface area contributed by atoms with E-state index in [-0.39, 0.29) is 0 Å². The van der Waals surface area contributed by atoms with Gasteiger partial charge in [-0.25, -0.2) is 4.79 Å². The van der Waals surface area contributed by atoms with Crippen LogP contribution in [0.4, 0.5) is 0 Å². The minimum atomic E-state index is -0.896. The van der Waals surface area contributed by atoms with Crippen LogP contribution in [0.3, 0.4) is 0 Å². The normalized spacial score (nSPS) is 12.0. The van der Waals surface area contributed by atoms with Crippen LogP contribution in [0.1, 0.15) is 21.5 Å². The standard InChI is InChI=1S/C24H16O2/c25-24(26)17-12-11-15-6-3-8-20(22(15)14-17)21-10-4-9-19-18-7-2-1-5-16(18)13-23(19)21/h1-12,14H,13H2,(H,25,26). The second-order valence-electron chi connectivity index (χ2n) is 6.71. The minimum Gasteiger partial charge on any atom is -0.478 e. The number of hydrogen-bond acceptors (Lipinski definition) is 1. The molecule has 0 aliphatic heterocycles. The Morgan fingerprint density at radius 1 is 0.731 bits per heavy atom. The number of aromatic carboxylic acids is 1. The molecular weight excluding hydrogens is 320 g/mol. The maximum atomic E-state index is 11.4. The Kier molecular flexibility index (Phi) is 3.19. The lowest BCUT2D eigenvalue weighted by molar-refractivity contribution is 0.0697. The molecule has 2 heteroatoms. The van der Waals surface area contributed by atoms with Gasteiger partial charge in [-0.15, -0.1) is 0 Å². The molecule has 1 aliphatic rings. The monoisotopic (exact) mass is 336 g/mol. The molecule has 0 spiro atoms. The third kappa shape index (κ3) is 2.16. The Labute approximate surface area is 151 Å². The van der Waals surface area contributed by atoms with Gasteiger partial charge in [0.25, 0.3) is 0 Å². The van der Waals surface area contributed by atoms with Crippen LogP contribution in [-0.4, -0.2) is 11.1 Å². The molecule has 4 aromatic rings.